The van der Waals surface area contributed by atoms with Crippen LogP contribution in [0.2, 0.25) is 0 Å². The van der Waals surface area contributed by atoms with E-state index in [0.717, 1.165) is 31.4 Å². The van der Waals surface area contributed by atoms with Crippen LogP contribution in [0.5, 0.6) is 0 Å². The van der Waals surface area contributed by atoms with Gasteiger partial charge >= 0.3 is 0 Å². The molecule has 3 heterocycles. The van der Waals surface area contributed by atoms with Crippen LogP contribution in [0.3, 0.4) is 0 Å². The van der Waals surface area contributed by atoms with Crippen molar-refractivity contribution in [1.82, 2.24) is 19.4 Å². The lowest BCUT2D eigenvalue weighted by atomic mass is 10.3. The van der Waals surface area contributed by atoms with Crippen molar-refractivity contribution < 1.29 is 9.21 Å². The van der Waals surface area contributed by atoms with Crippen molar-refractivity contribution in [3.8, 4) is 11.6 Å². The fourth-order valence-electron chi connectivity index (χ4n) is 2.87. The van der Waals surface area contributed by atoms with E-state index in [-0.39, 0.29) is 12.5 Å². The van der Waals surface area contributed by atoms with E-state index in [1.807, 2.05) is 33.7 Å². The summed E-state index contributed by atoms with van der Waals surface area (Å²) in [5, 5.41) is 0. The standard InChI is InChI=1S/C18H21BrN4O2/c1-3-10-22(11-4-2)16(24)12-23-17-13(6-5-9-20-17)21-18(23)14-7-8-15(19)25-14/h5-9H,3-4,10-12H2,1-2H3. The maximum atomic E-state index is 12.8. The van der Waals surface area contributed by atoms with Crippen LogP contribution in [0.4, 0.5) is 0 Å². The zero-order valence-corrected chi connectivity index (χ0v) is 16.0. The number of hydrogen-bond acceptors (Lipinski definition) is 4. The topological polar surface area (TPSA) is 64.2 Å². The van der Waals surface area contributed by atoms with Crippen LogP contribution in [0.1, 0.15) is 26.7 Å². The van der Waals surface area contributed by atoms with Gasteiger partial charge in [-0.15, -0.1) is 0 Å². The fraction of sp³-hybridized carbons (Fsp3) is 0.389. The van der Waals surface area contributed by atoms with E-state index in [4.69, 9.17) is 4.42 Å². The zero-order chi connectivity index (χ0) is 17.8. The Labute approximate surface area is 155 Å². The second kappa shape index (κ2) is 7.82. The molecule has 3 aromatic rings. The third-order valence-corrected chi connectivity index (χ3v) is 4.36. The molecule has 0 bridgehead atoms. The second-order valence-electron chi connectivity index (χ2n) is 5.85. The average molecular weight is 405 g/mol. The molecular formula is C18H21BrN4O2. The van der Waals surface area contributed by atoms with Crippen molar-refractivity contribution in [2.45, 2.75) is 33.2 Å². The van der Waals surface area contributed by atoms with Gasteiger partial charge in [0.15, 0.2) is 21.9 Å². The molecule has 132 valence electrons. The summed E-state index contributed by atoms with van der Waals surface area (Å²) in [6.45, 7) is 5.87. The number of halogens is 1. The molecule has 0 radical (unpaired) electrons. The molecule has 7 heteroatoms. The highest BCUT2D eigenvalue weighted by Gasteiger charge is 2.20. The zero-order valence-electron chi connectivity index (χ0n) is 14.4. The SMILES string of the molecule is CCCN(CCC)C(=O)Cn1c(-c2ccc(Br)o2)nc2cccnc21. The molecule has 0 saturated heterocycles. The Balaban J connectivity index is 2.00. The normalized spacial score (nSPS) is 11.2. The molecule has 0 unspecified atom stereocenters. The Bertz CT molecular complexity index is 865. The summed E-state index contributed by atoms with van der Waals surface area (Å²) in [5.74, 6) is 1.29. The molecule has 0 spiro atoms. The number of pyridine rings is 1. The summed E-state index contributed by atoms with van der Waals surface area (Å²) >= 11 is 3.32. The first-order valence-corrected chi connectivity index (χ1v) is 9.28. The Kier molecular flexibility index (Phi) is 5.53. The first-order chi connectivity index (χ1) is 12.1. The quantitative estimate of drug-likeness (QED) is 0.594. The van der Waals surface area contributed by atoms with Gasteiger partial charge in [0.1, 0.15) is 12.1 Å². The largest absolute Gasteiger partial charge is 0.446 e. The average Bonchev–Trinajstić information content (AvgIpc) is 3.19. The first-order valence-electron chi connectivity index (χ1n) is 8.48. The molecular weight excluding hydrogens is 384 g/mol. The lowest BCUT2D eigenvalue weighted by Gasteiger charge is -2.22. The number of aromatic nitrogens is 3. The lowest BCUT2D eigenvalue weighted by molar-refractivity contribution is -0.131. The maximum absolute atomic E-state index is 12.8. The number of imidazole rings is 1. The highest BCUT2D eigenvalue weighted by Crippen LogP contribution is 2.27. The van der Waals surface area contributed by atoms with E-state index in [2.05, 4.69) is 39.7 Å². The van der Waals surface area contributed by atoms with Crippen LogP contribution in [-0.2, 0) is 11.3 Å². The third-order valence-electron chi connectivity index (χ3n) is 3.93. The summed E-state index contributed by atoms with van der Waals surface area (Å²) in [6, 6.07) is 7.38. The summed E-state index contributed by atoms with van der Waals surface area (Å²) in [7, 11) is 0. The van der Waals surface area contributed by atoms with Gasteiger partial charge in [0.05, 0.1) is 0 Å². The lowest BCUT2D eigenvalue weighted by Crippen LogP contribution is -2.35. The maximum Gasteiger partial charge on any atom is 0.242 e. The summed E-state index contributed by atoms with van der Waals surface area (Å²) in [6.07, 6.45) is 3.59. The molecule has 0 atom stereocenters. The monoisotopic (exact) mass is 404 g/mol. The number of amides is 1. The van der Waals surface area contributed by atoms with Gasteiger partial charge in [0, 0.05) is 19.3 Å². The number of carbonyl (C=O) groups excluding carboxylic acids is 1. The Hall–Kier alpha value is -2.15. The van der Waals surface area contributed by atoms with Crippen molar-refractivity contribution >= 4 is 33.0 Å². The Morgan fingerprint density at radius 1 is 1.24 bits per heavy atom. The van der Waals surface area contributed by atoms with E-state index < -0.39 is 0 Å². The molecule has 0 fully saturated rings. The van der Waals surface area contributed by atoms with Crippen LogP contribution >= 0.6 is 15.9 Å². The van der Waals surface area contributed by atoms with E-state index in [9.17, 15) is 4.79 Å². The van der Waals surface area contributed by atoms with Crippen LogP contribution in [0.25, 0.3) is 22.7 Å². The number of furan rings is 1. The van der Waals surface area contributed by atoms with E-state index in [0.29, 0.717) is 21.9 Å². The van der Waals surface area contributed by atoms with Crippen LogP contribution in [0.15, 0.2) is 39.5 Å². The van der Waals surface area contributed by atoms with Crippen molar-refractivity contribution in [3.05, 3.63) is 35.1 Å². The third kappa shape index (κ3) is 3.76. The van der Waals surface area contributed by atoms with Gasteiger partial charge in [-0.2, -0.15) is 0 Å². The number of fused-ring (bicyclic) bond motifs is 1. The van der Waals surface area contributed by atoms with Crippen molar-refractivity contribution in [2.75, 3.05) is 13.1 Å². The first kappa shape index (κ1) is 17.7. The predicted molar refractivity (Wildman–Crippen MR) is 100 cm³/mol. The minimum Gasteiger partial charge on any atom is -0.446 e. The van der Waals surface area contributed by atoms with Crippen molar-refractivity contribution in [3.63, 3.8) is 0 Å². The number of hydrogen-bond donors (Lipinski definition) is 0. The molecule has 1 amide bonds. The van der Waals surface area contributed by atoms with E-state index in [1.165, 1.54) is 0 Å². The van der Waals surface area contributed by atoms with E-state index >= 15 is 0 Å². The van der Waals surface area contributed by atoms with E-state index in [1.54, 1.807) is 6.20 Å². The molecule has 0 N–H and O–H groups in total. The molecule has 0 aromatic carbocycles. The minimum absolute atomic E-state index is 0.0699. The van der Waals surface area contributed by atoms with Crippen LogP contribution < -0.4 is 0 Å². The summed E-state index contributed by atoms with van der Waals surface area (Å²) in [5.41, 5.74) is 1.43. The molecule has 0 aliphatic rings. The molecule has 0 saturated carbocycles. The van der Waals surface area contributed by atoms with Gasteiger partial charge < -0.3 is 9.32 Å². The molecule has 6 nitrogen and oxygen atoms in total. The van der Waals surface area contributed by atoms with Crippen molar-refractivity contribution in [2.24, 2.45) is 0 Å². The number of rotatable bonds is 7. The molecule has 3 aromatic heterocycles. The van der Waals surface area contributed by atoms with Crippen molar-refractivity contribution in [1.29, 1.82) is 0 Å². The molecule has 25 heavy (non-hydrogen) atoms. The Morgan fingerprint density at radius 3 is 2.64 bits per heavy atom. The minimum atomic E-state index is 0.0699. The van der Waals surface area contributed by atoms with Gasteiger partial charge in [-0.05, 0) is 53.0 Å². The molecule has 0 aliphatic carbocycles. The smallest absolute Gasteiger partial charge is 0.242 e. The second-order valence-corrected chi connectivity index (χ2v) is 6.63. The van der Waals surface area contributed by atoms with Gasteiger partial charge in [0.25, 0.3) is 0 Å². The van der Waals surface area contributed by atoms with Crippen LogP contribution in [0, 0.1) is 0 Å². The highest BCUT2D eigenvalue weighted by molar-refractivity contribution is 9.10. The van der Waals surface area contributed by atoms with Gasteiger partial charge in [-0.1, -0.05) is 13.8 Å². The molecule has 3 rings (SSSR count). The fourth-order valence-corrected chi connectivity index (χ4v) is 3.17. The van der Waals surface area contributed by atoms with Gasteiger partial charge in [-0.25, -0.2) is 9.97 Å². The summed E-state index contributed by atoms with van der Waals surface area (Å²) < 4.78 is 8.12. The highest BCUT2D eigenvalue weighted by atomic mass is 79.9. The number of carbonyl (C=O) groups is 1. The molecule has 0 aliphatic heterocycles. The van der Waals surface area contributed by atoms with Gasteiger partial charge in [-0.3, -0.25) is 9.36 Å². The number of nitrogens with zero attached hydrogens (tertiary/aromatic N) is 4. The van der Waals surface area contributed by atoms with Gasteiger partial charge in [0.2, 0.25) is 5.91 Å². The predicted octanol–water partition coefficient (Wildman–Crippen LogP) is 4.10. The summed E-state index contributed by atoms with van der Waals surface area (Å²) in [4.78, 5) is 23.8. The Morgan fingerprint density at radius 2 is 2.00 bits per heavy atom. The van der Waals surface area contributed by atoms with Crippen LogP contribution in [-0.4, -0.2) is 38.4 Å².